The van der Waals surface area contributed by atoms with Gasteiger partial charge in [0.15, 0.2) is 0 Å². The van der Waals surface area contributed by atoms with E-state index in [0.29, 0.717) is 5.75 Å². The first kappa shape index (κ1) is 13.2. The molecule has 1 aromatic rings. The van der Waals surface area contributed by atoms with E-state index in [-0.39, 0.29) is 16.1 Å². The van der Waals surface area contributed by atoms with Gasteiger partial charge in [0.25, 0.3) is 0 Å². The second-order valence-corrected chi connectivity index (χ2v) is 6.57. The molecule has 1 aliphatic carbocycles. The predicted molar refractivity (Wildman–Crippen MR) is 70.0 cm³/mol. The van der Waals surface area contributed by atoms with Crippen LogP contribution in [0.2, 0.25) is 0 Å². The van der Waals surface area contributed by atoms with Gasteiger partial charge in [-0.3, -0.25) is 0 Å². The summed E-state index contributed by atoms with van der Waals surface area (Å²) < 4.78 is 32.2. The average molecular weight is 270 g/mol. The Morgan fingerprint density at radius 3 is 2.50 bits per heavy atom. The van der Waals surface area contributed by atoms with Crippen LogP contribution >= 0.6 is 0 Å². The normalized spacial score (nSPS) is 18.1. The van der Waals surface area contributed by atoms with Gasteiger partial charge >= 0.3 is 0 Å². The van der Waals surface area contributed by atoms with Gasteiger partial charge in [-0.1, -0.05) is 0 Å². The maximum absolute atomic E-state index is 12.2. The van der Waals surface area contributed by atoms with Gasteiger partial charge in [-0.25, -0.2) is 13.1 Å². The van der Waals surface area contributed by atoms with E-state index in [9.17, 15) is 8.42 Å². The number of sulfonamides is 1. The van der Waals surface area contributed by atoms with Crippen LogP contribution in [0.25, 0.3) is 0 Å². The third kappa shape index (κ3) is 2.44. The lowest BCUT2D eigenvalue weighted by Gasteiger charge is -2.38. The summed E-state index contributed by atoms with van der Waals surface area (Å²) in [6.45, 7) is 1.91. The van der Waals surface area contributed by atoms with E-state index in [1.54, 1.807) is 6.07 Å². The second-order valence-electron chi connectivity index (χ2n) is 4.92. The highest BCUT2D eigenvalue weighted by Gasteiger charge is 2.36. The molecule has 0 bridgehead atoms. The van der Waals surface area contributed by atoms with Crippen LogP contribution in [0.5, 0.6) is 5.75 Å². The molecule has 1 fully saturated rings. The van der Waals surface area contributed by atoms with Crippen molar-refractivity contribution in [3.05, 3.63) is 18.2 Å². The van der Waals surface area contributed by atoms with E-state index in [4.69, 9.17) is 10.5 Å². The Morgan fingerprint density at radius 2 is 2.06 bits per heavy atom. The molecule has 0 saturated heterocycles. The Labute approximate surface area is 107 Å². The summed E-state index contributed by atoms with van der Waals surface area (Å²) in [5.41, 5.74) is 5.63. The minimum atomic E-state index is -3.57. The Bertz CT molecular complexity index is 550. The first-order valence-electron chi connectivity index (χ1n) is 5.84. The van der Waals surface area contributed by atoms with Gasteiger partial charge in [-0.05, 0) is 38.3 Å². The zero-order chi connectivity index (χ0) is 13.4. The molecule has 1 aliphatic rings. The highest BCUT2D eigenvalue weighted by Crippen LogP contribution is 2.33. The second kappa shape index (κ2) is 4.44. The van der Waals surface area contributed by atoms with Crippen molar-refractivity contribution in [2.45, 2.75) is 36.6 Å². The number of nitrogens with one attached hydrogen (secondary N) is 1. The maximum atomic E-state index is 12.2. The Balaban J connectivity index is 2.29. The minimum absolute atomic E-state index is 0.108. The van der Waals surface area contributed by atoms with Crippen molar-refractivity contribution in [1.29, 1.82) is 0 Å². The predicted octanol–water partition coefficient (Wildman–Crippen LogP) is 1.50. The minimum Gasteiger partial charge on any atom is -0.497 e. The number of nitrogen functional groups attached to an aromatic ring is 1. The first-order chi connectivity index (χ1) is 8.36. The molecule has 6 heteroatoms. The summed E-state index contributed by atoms with van der Waals surface area (Å²) in [5.74, 6) is 0.543. The molecule has 1 saturated carbocycles. The molecule has 0 aromatic heterocycles. The maximum Gasteiger partial charge on any atom is 0.243 e. The van der Waals surface area contributed by atoms with Crippen molar-refractivity contribution in [3.8, 4) is 5.75 Å². The standard InChI is InChI=1S/C12H18N2O3S/c1-12(6-3-7-12)14-18(15,16)11-5-4-9(17-2)8-10(11)13/h4-5,8,14H,3,6-7,13H2,1-2H3. The molecule has 2 rings (SSSR count). The fourth-order valence-corrected chi connectivity index (χ4v) is 3.67. The SMILES string of the molecule is COc1ccc(S(=O)(=O)NC2(C)CCC2)c(N)c1. The van der Waals surface area contributed by atoms with Crippen molar-refractivity contribution in [3.63, 3.8) is 0 Å². The van der Waals surface area contributed by atoms with Crippen molar-refractivity contribution in [2.75, 3.05) is 12.8 Å². The lowest BCUT2D eigenvalue weighted by molar-refractivity contribution is 0.248. The van der Waals surface area contributed by atoms with E-state index in [1.807, 2.05) is 6.92 Å². The molecule has 1 aromatic carbocycles. The number of benzene rings is 1. The number of hydrogen-bond acceptors (Lipinski definition) is 4. The molecule has 0 aliphatic heterocycles. The van der Waals surface area contributed by atoms with Crippen LogP contribution in [0.15, 0.2) is 23.1 Å². The van der Waals surface area contributed by atoms with Gasteiger partial charge in [-0.15, -0.1) is 0 Å². The molecular weight excluding hydrogens is 252 g/mol. The van der Waals surface area contributed by atoms with Crippen LogP contribution in [-0.2, 0) is 10.0 Å². The van der Waals surface area contributed by atoms with Crippen molar-refractivity contribution < 1.29 is 13.2 Å². The molecule has 0 unspecified atom stereocenters. The zero-order valence-corrected chi connectivity index (χ0v) is 11.4. The summed E-state index contributed by atoms with van der Waals surface area (Å²) in [7, 11) is -2.05. The smallest absolute Gasteiger partial charge is 0.243 e. The van der Waals surface area contributed by atoms with Crippen molar-refractivity contribution >= 4 is 15.7 Å². The topological polar surface area (TPSA) is 81.4 Å². The summed E-state index contributed by atoms with van der Waals surface area (Å²) in [5, 5.41) is 0. The quantitative estimate of drug-likeness (QED) is 0.812. The van der Waals surface area contributed by atoms with E-state index < -0.39 is 10.0 Å². The summed E-state index contributed by atoms with van der Waals surface area (Å²) in [6, 6.07) is 4.57. The van der Waals surface area contributed by atoms with Crippen LogP contribution in [0.1, 0.15) is 26.2 Å². The highest BCUT2D eigenvalue weighted by atomic mass is 32.2. The van der Waals surface area contributed by atoms with Gasteiger partial charge in [0.1, 0.15) is 10.6 Å². The zero-order valence-electron chi connectivity index (χ0n) is 10.6. The molecule has 0 heterocycles. The number of nitrogens with two attached hydrogens (primary N) is 1. The summed E-state index contributed by atoms with van der Waals surface area (Å²) >= 11 is 0. The molecule has 3 N–H and O–H groups in total. The van der Waals surface area contributed by atoms with Gasteiger partial charge in [0.05, 0.1) is 12.8 Å². The molecular formula is C12H18N2O3S. The molecule has 0 amide bonds. The molecule has 5 nitrogen and oxygen atoms in total. The van der Waals surface area contributed by atoms with Crippen LogP contribution in [0, 0.1) is 0 Å². The third-order valence-corrected chi connectivity index (χ3v) is 5.06. The first-order valence-corrected chi connectivity index (χ1v) is 7.32. The lowest BCUT2D eigenvalue weighted by Crippen LogP contribution is -2.50. The summed E-state index contributed by atoms with van der Waals surface area (Å²) in [4.78, 5) is 0.108. The number of methoxy groups -OCH3 is 1. The fraction of sp³-hybridized carbons (Fsp3) is 0.500. The van der Waals surface area contributed by atoms with Gasteiger partial charge in [0, 0.05) is 11.6 Å². The van der Waals surface area contributed by atoms with E-state index >= 15 is 0 Å². The number of ether oxygens (including phenoxy) is 1. The Morgan fingerprint density at radius 1 is 1.39 bits per heavy atom. The van der Waals surface area contributed by atoms with E-state index in [2.05, 4.69) is 4.72 Å². The van der Waals surface area contributed by atoms with Crippen molar-refractivity contribution in [2.24, 2.45) is 0 Å². The highest BCUT2D eigenvalue weighted by molar-refractivity contribution is 7.89. The summed E-state index contributed by atoms with van der Waals surface area (Å²) in [6.07, 6.45) is 2.78. The monoisotopic (exact) mass is 270 g/mol. The van der Waals surface area contributed by atoms with Gasteiger partial charge < -0.3 is 10.5 Å². The Hall–Kier alpha value is -1.27. The van der Waals surface area contributed by atoms with Gasteiger partial charge in [-0.2, -0.15) is 0 Å². The third-order valence-electron chi connectivity index (χ3n) is 3.34. The number of anilines is 1. The average Bonchev–Trinajstić information content (AvgIpc) is 2.25. The van der Waals surface area contributed by atoms with Crippen LogP contribution in [0.3, 0.4) is 0 Å². The molecule has 18 heavy (non-hydrogen) atoms. The van der Waals surface area contributed by atoms with Crippen LogP contribution < -0.4 is 15.2 Å². The molecule has 0 radical (unpaired) electrons. The fourth-order valence-electron chi connectivity index (χ4n) is 2.09. The van der Waals surface area contributed by atoms with Crippen molar-refractivity contribution in [1.82, 2.24) is 4.72 Å². The van der Waals surface area contributed by atoms with E-state index in [1.165, 1.54) is 19.2 Å². The number of hydrogen-bond donors (Lipinski definition) is 2. The molecule has 0 atom stereocenters. The number of rotatable bonds is 4. The lowest BCUT2D eigenvalue weighted by atomic mass is 9.80. The molecule has 0 spiro atoms. The van der Waals surface area contributed by atoms with Gasteiger partial charge in [0.2, 0.25) is 10.0 Å². The van der Waals surface area contributed by atoms with Crippen LogP contribution in [-0.4, -0.2) is 21.1 Å². The molecule has 100 valence electrons. The Kier molecular flexibility index (Phi) is 3.25. The largest absolute Gasteiger partial charge is 0.497 e. The van der Waals surface area contributed by atoms with Crippen LogP contribution in [0.4, 0.5) is 5.69 Å². The van der Waals surface area contributed by atoms with E-state index in [0.717, 1.165) is 19.3 Å².